The number of alkyl halides is 4. The van der Waals surface area contributed by atoms with Crippen LogP contribution >= 0.6 is 0 Å². The normalized spacial score (nSPS) is 18.0. The first-order valence-electron chi connectivity index (χ1n) is 10.5. The van der Waals surface area contributed by atoms with Crippen molar-refractivity contribution in [2.24, 2.45) is 5.73 Å². The van der Waals surface area contributed by atoms with Crippen LogP contribution in [0.1, 0.15) is 12.0 Å². The van der Waals surface area contributed by atoms with Gasteiger partial charge in [0.15, 0.2) is 5.78 Å². The number of fused-ring (bicyclic) bond motifs is 1. The molecule has 12 heteroatoms. The lowest BCUT2D eigenvalue weighted by molar-refractivity contribution is -0.274. The van der Waals surface area contributed by atoms with Crippen LogP contribution in [0, 0.1) is 0 Å². The monoisotopic (exact) mass is 492 g/mol. The standard InChI is InChI=1S/C23H20F4N4O4/c24-14-10-19(20(32)9-13-4-3-5-15(8-13)35-23(25,26)27)31(11-14)22(34)29-17-12-30(21(28)33)18-7-2-1-6-16(17)18/h1-8,12,14,19H,9-11H2,(H2,28,33)(H,29,34)/t14-,19-/m0/s1. The fourth-order valence-corrected chi connectivity index (χ4v) is 4.13. The molecule has 0 aliphatic carbocycles. The number of hydrogen-bond acceptors (Lipinski definition) is 4. The number of halogens is 4. The van der Waals surface area contributed by atoms with E-state index in [0.29, 0.717) is 10.9 Å². The summed E-state index contributed by atoms with van der Waals surface area (Å²) in [4.78, 5) is 38.7. The van der Waals surface area contributed by atoms with Crippen molar-refractivity contribution in [3.05, 3.63) is 60.3 Å². The molecule has 35 heavy (non-hydrogen) atoms. The van der Waals surface area contributed by atoms with Gasteiger partial charge in [0, 0.05) is 24.4 Å². The summed E-state index contributed by atoms with van der Waals surface area (Å²) in [5.74, 6) is -1.03. The maximum atomic E-state index is 14.3. The Morgan fingerprint density at radius 1 is 1.11 bits per heavy atom. The van der Waals surface area contributed by atoms with Crippen LogP contribution in [0.3, 0.4) is 0 Å². The first-order chi connectivity index (χ1) is 16.5. The highest BCUT2D eigenvalue weighted by atomic mass is 19.4. The van der Waals surface area contributed by atoms with Crippen LogP contribution in [-0.4, -0.2) is 52.4 Å². The van der Waals surface area contributed by atoms with Gasteiger partial charge in [-0.1, -0.05) is 30.3 Å². The van der Waals surface area contributed by atoms with Crippen LogP contribution in [0.25, 0.3) is 10.9 Å². The smallest absolute Gasteiger partial charge is 0.406 e. The Balaban J connectivity index is 1.51. The Kier molecular flexibility index (Phi) is 6.37. The topological polar surface area (TPSA) is 107 Å². The number of Topliss-reactive ketones (excluding diaryl/α,β-unsaturated/α-hetero) is 1. The van der Waals surface area contributed by atoms with E-state index in [9.17, 15) is 31.9 Å². The molecule has 8 nitrogen and oxygen atoms in total. The number of benzene rings is 2. The van der Waals surface area contributed by atoms with Crippen molar-refractivity contribution >= 4 is 34.4 Å². The molecule has 0 bridgehead atoms. The second-order valence-corrected chi connectivity index (χ2v) is 8.04. The summed E-state index contributed by atoms with van der Waals surface area (Å²) < 4.78 is 56.7. The SMILES string of the molecule is NC(=O)n1cc(NC(=O)N2C[C@@H](F)C[C@H]2C(=O)Cc2cccc(OC(F)(F)F)c2)c2ccccc21. The van der Waals surface area contributed by atoms with Gasteiger partial charge in [-0.25, -0.2) is 14.0 Å². The molecule has 4 rings (SSSR count). The number of primary amides is 1. The molecule has 1 fully saturated rings. The highest BCUT2D eigenvalue weighted by Gasteiger charge is 2.40. The molecule has 1 aromatic heterocycles. The quantitative estimate of drug-likeness (QED) is 0.520. The van der Waals surface area contributed by atoms with Gasteiger partial charge < -0.3 is 20.7 Å². The summed E-state index contributed by atoms with van der Waals surface area (Å²) in [7, 11) is 0. The van der Waals surface area contributed by atoms with Gasteiger partial charge in [0.2, 0.25) is 0 Å². The Hall–Kier alpha value is -4.09. The molecule has 0 spiro atoms. The van der Waals surface area contributed by atoms with Gasteiger partial charge >= 0.3 is 18.4 Å². The zero-order valence-electron chi connectivity index (χ0n) is 18.1. The Morgan fingerprint density at radius 3 is 2.57 bits per heavy atom. The molecule has 1 saturated heterocycles. The predicted octanol–water partition coefficient (Wildman–Crippen LogP) is 4.22. The Morgan fingerprint density at radius 2 is 1.86 bits per heavy atom. The number of rotatable bonds is 5. The summed E-state index contributed by atoms with van der Waals surface area (Å²) in [5.41, 5.74) is 6.30. The number of carbonyl (C=O) groups is 3. The molecule has 2 atom stereocenters. The van der Waals surface area contributed by atoms with Gasteiger partial charge in [-0.15, -0.1) is 13.2 Å². The van der Waals surface area contributed by atoms with Gasteiger partial charge in [0.1, 0.15) is 11.9 Å². The predicted molar refractivity (Wildman–Crippen MR) is 118 cm³/mol. The third kappa shape index (κ3) is 5.36. The lowest BCUT2D eigenvalue weighted by Crippen LogP contribution is -2.43. The number of carbonyl (C=O) groups excluding carboxylic acids is 3. The number of likely N-dealkylation sites (tertiary alicyclic amines) is 1. The van der Waals surface area contributed by atoms with Crippen molar-refractivity contribution in [3.8, 4) is 5.75 Å². The minimum absolute atomic E-state index is 0.226. The van der Waals surface area contributed by atoms with Crippen molar-refractivity contribution in [2.75, 3.05) is 11.9 Å². The van der Waals surface area contributed by atoms with Crippen molar-refractivity contribution in [3.63, 3.8) is 0 Å². The van der Waals surface area contributed by atoms with Crippen molar-refractivity contribution in [2.45, 2.75) is 31.4 Å². The van der Waals surface area contributed by atoms with Gasteiger partial charge in [-0.2, -0.15) is 0 Å². The Bertz CT molecular complexity index is 1290. The zero-order chi connectivity index (χ0) is 25.3. The number of ketones is 1. The van der Waals surface area contributed by atoms with E-state index in [1.54, 1.807) is 24.3 Å². The van der Waals surface area contributed by atoms with E-state index in [0.717, 1.165) is 21.6 Å². The average molecular weight is 492 g/mol. The number of nitrogens with one attached hydrogen (secondary N) is 1. The van der Waals surface area contributed by atoms with Crippen molar-refractivity contribution in [1.29, 1.82) is 0 Å². The number of nitrogens with two attached hydrogens (primary N) is 1. The summed E-state index contributed by atoms with van der Waals surface area (Å²) >= 11 is 0. The molecule has 2 aromatic carbocycles. The number of nitrogens with zero attached hydrogens (tertiary/aromatic N) is 2. The molecule has 3 amide bonds. The molecule has 0 saturated carbocycles. The summed E-state index contributed by atoms with van der Waals surface area (Å²) in [6.07, 6.45) is -5.58. The molecule has 1 aliphatic heterocycles. The fourth-order valence-electron chi connectivity index (χ4n) is 4.13. The maximum absolute atomic E-state index is 14.3. The van der Waals surface area contributed by atoms with Gasteiger partial charge in [0.25, 0.3) is 0 Å². The number of para-hydroxylation sites is 1. The number of urea groups is 1. The number of amides is 3. The van der Waals surface area contributed by atoms with Crippen LogP contribution < -0.4 is 15.8 Å². The third-order valence-electron chi connectivity index (χ3n) is 5.58. The first-order valence-corrected chi connectivity index (χ1v) is 10.5. The molecular weight excluding hydrogens is 472 g/mol. The lowest BCUT2D eigenvalue weighted by atomic mass is 10.0. The van der Waals surface area contributed by atoms with Crippen molar-refractivity contribution < 1.29 is 36.7 Å². The number of ether oxygens (including phenoxy) is 1. The van der Waals surface area contributed by atoms with Crippen LogP contribution in [0.5, 0.6) is 5.75 Å². The number of anilines is 1. The van der Waals surface area contributed by atoms with E-state index in [4.69, 9.17) is 5.73 Å². The van der Waals surface area contributed by atoms with E-state index < -0.39 is 42.2 Å². The highest BCUT2D eigenvalue weighted by Crippen LogP contribution is 2.29. The fraction of sp³-hybridized carbons (Fsp3) is 0.261. The molecule has 2 heterocycles. The van der Waals surface area contributed by atoms with E-state index in [1.165, 1.54) is 18.3 Å². The molecule has 1 aliphatic rings. The van der Waals surface area contributed by atoms with Crippen LogP contribution in [0.2, 0.25) is 0 Å². The number of aromatic nitrogens is 1. The van der Waals surface area contributed by atoms with Crippen molar-refractivity contribution in [1.82, 2.24) is 9.47 Å². The Labute approximate surface area is 196 Å². The molecule has 0 unspecified atom stereocenters. The van der Waals surface area contributed by atoms with E-state index in [2.05, 4.69) is 10.1 Å². The largest absolute Gasteiger partial charge is 0.573 e. The van der Waals surface area contributed by atoms with Crippen LogP contribution in [0.15, 0.2) is 54.7 Å². The zero-order valence-corrected chi connectivity index (χ0v) is 18.1. The second kappa shape index (κ2) is 9.28. The minimum Gasteiger partial charge on any atom is -0.406 e. The second-order valence-electron chi connectivity index (χ2n) is 8.04. The molecule has 0 radical (unpaired) electrons. The van der Waals surface area contributed by atoms with E-state index in [-0.39, 0.29) is 30.6 Å². The molecule has 184 valence electrons. The summed E-state index contributed by atoms with van der Waals surface area (Å²) in [6, 6.07) is 8.92. The average Bonchev–Trinajstić information content (AvgIpc) is 3.34. The highest BCUT2D eigenvalue weighted by molar-refractivity contribution is 6.05. The van der Waals surface area contributed by atoms with Gasteiger partial charge in [-0.3, -0.25) is 9.36 Å². The maximum Gasteiger partial charge on any atom is 0.573 e. The summed E-state index contributed by atoms with van der Waals surface area (Å²) in [5, 5.41) is 3.11. The summed E-state index contributed by atoms with van der Waals surface area (Å²) in [6.45, 7) is -0.339. The molecule has 3 N–H and O–H groups in total. The lowest BCUT2D eigenvalue weighted by Gasteiger charge is -2.23. The van der Waals surface area contributed by atoms with E-state index >= 15 is 0 Å². The molecule has 3 aromatic rings. The van der Waals surface area contributed by atoms with E-state index in [1.807, 2.05) is 0 Å². The first kappa shape index (κ1) is 24.0. The van der Waals surface area contributed by atoms with Gasteiger partial charge in [0.05, 0.1) is 23.8 Å². The van der Waals surface area contributed by atoms with Gasteiger partial charge in [-0.05, 0) is 23.8 Å². The third-order valence-corrected chi connectivity index (χ3v) is 5.58. The minimum atomic E-state index is -4.89. The van der Waals surface area contributed by atoms with Crippen LogP contribution in [0.4, 0.5) is 32.8 Å². The molecular formula is C23H20F4N4O4. The number of hydrogen-bond donors (Lipinski definition) is 2. The van der Waals surface area contributed by atoms with Crippen LogP contribution in [-0.2, 0) is 11.2 Å².